The maximum absolute atomic E-state index is 12.1. The fourth-order valence-corrected chi connectivity index (χ4v) is 2.79. The number of hydrogen-bond acceptors (Lipinski definition) is 5. The highest BCUT2D eigenvalue weighted by molar-refractivity contribution is 5.92. The number of aromatic nitrogens is 3. The second kappa shape index (κ2) is 8.92. The predicted molar refractivity (Wildman–Crippen MR) is 97.1 cm³/mol. The smallest absolute Gasteiger partial charge is 0.271 e. The normalized spacial score (nSPS) is 13.8. The van der Waals surface area contributed by atoms with Gasteiger partial charge in [-0.2, -0.15) is 0 Å². The van der Waals surface area contributed by atoms with Gasteiger partial charge in [-0.1, -0.05) is 17.7 Å². The van der Waals surface area contributed by atoms with Gasteiger partial charge in [0, 0.05) is 12.7 Å². The van der Waals surface area contributed by atoms with Crippen molar-refractivity contribution >= 4 is 11.7 Å². The zero-order valence-corrected chi connectivity index (χ0v) is 14.2. The lowest BCUT2D eigenvalue weighted by molar-refractivity contribution is 0.0948. The lowest BCUT2D eigenvalue weighted by Gasteiger charge is -2.12. The maximum Gasteiger partial charge on any atom is 0.271 e. The Morgan fingerprint density at radius 2 is 2.08 bits per heavy atom. The molecule has 0 aromatic carbocycles. The van der Waals surface area contributed by atoms with Crippen molar-refractivity contribution in [2.75, 3.05) is 11.9 Å². The van der Waals surface area contributed by atoms with Gasteiger partial charge in [-0.25, -0.2) is 0 Å². The lowest BCUT2D eigenvalue weighted by Crippen LogP contribution is -2.26. The highest BCUT2D eigenvalue weighted by Gasteiger charge is 2.09. The molecule has 0 atom stereocenters. The van der Waals surface area contributed by atoms with Gasteiger partial charge in [-0.05, 0) is 56.4 Å². The summed E-state index contributed by atoms with van der Waals surface area (Å²) in [5.41, 5.74) is 2.70. The van der Waals surface area contributed by atoms with Gasteiger partial charge in [0.2, 0.25) is 0 Å². The number of nitrogens with one attached hydrogen (secondary N) is 2. The highest BCUT2D eigenvalue weighted by atomic mass is 16.1. The highest BCUT2D eigenvalue weighted by Crippen LogP contribution is 2.19. The molecule has 0 aliphatic heterocycles. The van der Waals surface area contributed by atoms with Gasteiger partial charge in [0.25, 0.3) is 5.91 Å². The van der Waals surface area contributed by atoms with E-state index >= 15 is 0 Å². The molecule has 2 aromatic heterocycles. The standard InChI is InChI=1S/C19H23N5O/c25-19(21-13-11-15-6-2-1-3-7-15)17-9-10-18(24-23-17)22-14-16-8-4-5-12-20-16/h4-6,8-10,12H,1-3,7,11,13-14H2,(H,21,25)(H,22,24). The number of carbonyl (C=O) groups excluding carboxylic acids is 1. The van der Waals surface area contributed by atoms with Crippen molar-refractivity contribution in [3.63, 3.8) is 0 Å². The molecule has 1 amide bonds. The SMILES string of the molecule is O=C(NCCC1=CCCCC1)c1ccc(NCc2ccccn2)nn1. The third-order valence-corrected chi connectivity index (χ3v) is 4.19. The first-order valence-corrected chi connectivity index (χ1v) is 8.75. The first-order valence-electron chi connectivity index (χ1n) is 8.75. The van der Waals surface area contributed by atoms with E-state index in [1.165, 1.54) is 24.8 Å². The first-order chi connectivity index (χ1) is 12.3. The minimum absolute atomic E-state index is 0.180. The second-order valence-electron chi connectivity index (χ2n) is 6.09. The van der Waals surface area contributed by atoms with Crippen molar-refractivity contribution < 1.29 is 4.79 Å². The molecule has 2 N–H and O–H groups in total. The van der Waals surface area contributed by atoms with Crippen LogP contribution >= 0.6 is 0 Å². The quantitative estimate of drug-likeness (QED) is 0.759. The molecule has 130 valence electrons. The zero-order chi connectivity index (χ0) is 17.3. The van der Waals surface area contributed by atoms with Gasteiger partial charge >= 0.3 is 0 Å². The van der Waals surface area contributed by atoms with Crippen LogP contribution in [0.2, 0.25) is 0 Å². The molecular formula is C19H23N5O. The van der Waals surface area contributed by atoms with Crippen molar-refractivity contribution in [3.05, 3.63) is 59.6 Å². The molecule has 0 spiro atoms. The maximum atomic E-state index is 12.1. The van der Waals surface area contributed by atoms with Gasteiger partial charge < -0.3 is 10.6 Å². The molecule has 6 heteroatoms. The van der Waals surface area contributed by atoms with Crippen LogP contribution in [0, 0.1) is 0 Å². The molecule has 1 aliphatic rings. The van der Waals surface area contributed by atoms with E-state index in [-0.39, 0.29) is 5.91 Å². The molecule has 6 nitrogen and oxygen atoms in total. The summed E-state index contributed by atoms with van der Waals surface area (Å²) in [7, 11) is 0. The summed E-state index contributed by atoms with van der Waals surface area (Å²) in [6, 6.07) is 9.19. The van der Waals surface area contributed by atoms with Crippen molar-refractivity contribution in [3.8, 4) is 0 Å². The van der Waals surface area contributed by atoms with E-state index in [0.29, 0.717) is 24.6 Å². The second-order valence-corrected chi connectivity index (χ2v) is 6.09. The monoisotopic (exact) mass is 337 g/mol. The summed E-state index contributed by atoms with van der Waals surface area (Å²) < 4.78 is 0. The number of anilines is 1. The van der Waals surface area contributed by atoms with E-state index in [4.69, 9.17) is 0 Å². The molecule has 0 unspecified atom stereocenters. The van der Waals surface area contributed by atoms with Crippen LogP contribution in [0.1, 0.15) is 48.3 Å². The number of pyridine rings is 1. The predicted octanol–water partition coefficient (Wildman–Crippen LogP) is 3.10. The fraction of sp³-hybridized carbons (Fsp3) is 0.368. The van der Waals surface area contributed by atoms with Crippen molar-refractivity contribution in [2.45, 2.75) is 38.6 Å². The van der Waals surface area contributed by atoms with Crippen LogP contribution in [0.25, 0.3) is 0 Å². The Morgan fingerprint density at radius 3 is 2.80 bits per heavy atom. The number of amides is 1. The number of allylic oxidation sites excluding steroid dienone is 1. The number of rotatable bonds is 7. The molecule has 2 aromatic rings. The first kappa shape index (κ1) is 17.1. The van der Waals surface area contributed by atoms with Crippen LogP contribution in [0.3, 0.4) is 0 Å². The molecule has 0 fully saturated rings. The lowest BCUT2D eigenvalue weighted by atomic mass is 9.97. The Labute approximate surface area is 147 Å². The van der Waals surface area contributed by atoms with Crippen LogP contribution in [0.4, 0.5) is 5.82 Å². The van der Waals surface area contributed by atoms with Gasteiger partial charge in [-0.3, -0.25) is 9.78 Å². The molecule has 3 rings (SSSR count). The third-order valence-electron chi connectivity index (χ3n) is 4.19. The Hall–Kier alpha value is -2.76. The topological polar surface area (TPSA) is 79.8 Å². The van der Waals surface area contributed by atoms with Crippen LogP contribution in [-0.2, 0) is 6.54 Å². The number of hydrogen-bond donors (Lipinski definition) is 2. The Morgan fingerprint density at radius 1 is 1.12 bits per heavy atom. The van der Waals surface area contributed by atoms with E-state index in [9.17, 15) is 4.79 Å². The molecular weight excluding hydrogens is 314 g/mol. The summed E-state index contributed by atoms with van der Waals surface area (Å²) >= 11 is 0. The fourth-order valence-electron chi connectivity index (χ4n) is 2.79. The third kappa shape index (κ3) is 5.38. The van der Waals surface area contributed by atoms with E-state index in [0.717, 1.165) is 18.5 Å². The van der Waals surface area contributed by atoms with Crippen LogP contribution in [0.15, 0.2) is 48.2 Å². The summed E-state index contributed by atoms with van der Waals surface area (Å²) in [4.78, 5) is 16.3. The number of nitrogens with zero attached hydrogens (tertiary/aromatic N) is 3. The van der Waals surface area contributed by atoms with Crippen molar-refractivity contribution in [2.24, 2.45) is 0 Å². The van der Waals surface area contributed by atoms with E-state index in [2.05, 4.69) is 31.9 Å². The van der Waals surface area contributed by atoms with Crippen molar-refractivity contribution in [1.82, 2.24) is 20.5 Å². The van der Waals surface area contributed by atoms with E-state index < -0.39 is 0 Å². The summed E-state index contributed by atoms with van der Waals surface area (Å²) in [5, 5.41) is 14.1. The summed E-state index contributed by atoms with van der Waals surface area (Å²) in [6.07, 6.45) is 9.85. The van der Waals surface area contributed by atoms with Gasteiger partial charge in [0.15, 0.2) is 5.69 Å². The summed E-state index contributed by atoms with van der Waals surface area (Å²) in [6.45, 7) is 1.21. The molecule has 1 aliphatic carbocycles. The average molecular weight is 337 g/mol. The molecule has 25 heavy (non-hydrogen) atoms. The summed E-state index contributed by atoms with van der Waals surface area (Å²) in [5.74, 6) is 0.440. The molecule has 0 saturated carbocycles. The van der Waals surface area contributed by atoms with Crippen molar-refractivity contribution in [1.29, 1.82) is 0 Å². The minimum Gasteiger partial charge on any atom is -0.363 e. The van der Waals surface area contributed by atoms with E-state index in [1.54, 1.807) is 18.3 Å². The molecule has 2 heterocycles. The minimum atomic E-state index is -0.180. The van der Waals surface area contributed by atoms with Crippen LogP contribution in [0.5, 0.6) is 0 Å². The molecule has 0 bridgehead atoms. The Balaban J connectivity index is 1.44. The number of carbonyl (C=O) groups is 1. The van der Waals surface area contributed by atoms with Gasteiger partial charge in [0.1, 0.15) is 5.82 Å². The average Bonchev–Trinajstić information content (AvgIpc) is 2.68. The van der Waals surface area contributed by atoms with E-state index in [1.807, 2.05) is 18.2 Å². The van der Waals surface area contributed by atoms with Crippen LogP contribution in [-0.4, -0.2) is 27.6 Å². The van der Waals surface area contributed by atoms with Crippen LogP contribution < -0.4 is 10.6 Å². The van der Waals surface area contributed by atoms with Gasteiger partial charge in [-0.15, -0.1) is 10.2 Å². The molecule has 0 radical (unpaired) electrons. The molecule has 0 saturated heterocycles. The Kier molecular flexibility index (Phi) is 6.09. The zero-order valence-electron chi connectivity index (χ0n) is 14.2. The van der Waals surface area contributed by atoms with Gasteiger partial charge in [0.05, 0.1) is 12.2 Å². The Bertz CT molecular complexity index is 712. The largest absolute Gasteiger partial charge is 0.363 e.